The first-order valence-electron chi connectivity index (χ1n) is 9.04. The van der Waals surface area contributed by atoms with Crippen molar-refractivity contribution in [3.63, 3.8) is 0 Å². The van der Waals surface area contributed by atoms with Crippen LogP contribution in [0.15, 0.2) is 30.3 Å². The quantitative estimate of drug-likeness (QED) is 0.396. The molecule has 0 N–H and O–H groups in total. The lowest BCUT2D eigenvalue weighted by Crippen LogP contribution is -2.17. The maximum Gasteiger partial charge on any atom is 0.144 e. The summed E-state index contributed by atoms with van der Waals surface area (Å²) in [4.78, 5) is 11.6. The molecule has 0 radical (unpaired) electrons. The van der Waals surface area contributed by atoms with Crippen LogP contribution in [0.25, 0.3) is 16.6 Å². The van der Waals surface area contributed by atoms with Gasteiger partial charge in [-0.1, -0.05) is 18.2 Å². The van der Waals surface area contributed by atoms with E-state index in [1.165, 1.54) is 16.6 Å². The van der Waals surface area contributed by atoms with Gasteiger partial charge in [-0.25, -0.2) is 0 Å². The van der Waals surface area contributed by atoms with Gasteiger partial charge in [0.05, 0.1) is 25.4 Å². The Morgan fingerprint density at radius 3 is 2.33 bits per heavy atom. The lowest BCUT2D eigenvalue weighted by Gasteiger charge is -2.29. The van der Waals surface area contributed by atoms with E-state index in [-0.39, 0.29) is 0 Å². The number of rotatable bonds is 3. The summed E-state index contributed by atoms with van der Waals surface area (Å²) in [7, 11) is 3.37. The number of hydrogen-bond acceptors (Lipinski definition) is 3. The number of nitrogens with zero attached hydrogens (tertiary/aromatic N) is 1. The van der Waals surface area contributed by atoms with Gasteiger partial charge >= 0.3 is 0 Å². The molecule has 0 aliphatic carbocycles. The first-order chi connectivity index (χ1) is 13.0. The molecule has 0 fully saturated rings. The molecule has 0 saturated heterocycles. The van der Waals surface area contributed by atoms with Crippen molar-refractivity contribution >= 4 is 22.9 Å². The van der Waals surface area contributed by atoms with E-state index < -0.39 is 0 Å². The molecule has 4 nitrogen and oxygen atoms in total. The van der Waals surface area contributed by atoms with Crippen molar-refractivity contribution in [2.24, 2.45) is 0 Å². The van der Waals surface area contributed by atoms with Crippen molar-refractivity contribution in [3.05, 3.63) is 63.9 Å². The van der Waals surface area contributed by atoms with Gasteiger partial charge in [-0.3, -0.25) is 4.79 Å². The zero-order chi connectivity index (χ0) is 19.3. The Morgan fingerprint density at radius 2 is 1.67 bits per heavy atom. The summed E-state index contributed by atoms with van der Waals surface area (Å²) in [6, 6.07) is 8.32. The lowest BCUT2D eigenvalue weighted by molar-refractivity contribution is -0.104. The molecule has 4 rings (SSSR count). The van der Waals surface area contributed by atoms with E-state index in [1.807, 2.05) is 19.9 Å². The monoisotopic (exact) mass is 361 g/mol. The zero-order valence-electron chi connectivity index (χ0n) is 16.3. The van der Waals surface area contributed by atoms with Crippen LogP contribution in [0, 0.1) is 20.8 Å². The second-order valence-electron chi connectivity index (χ2n) is 6.96. The van der Waals surface area contributed by atoms with Gasteiger partial charge in [0.15, 0.2) is 0 Å². The smallest absolute Gasteiger partial charge is 0.144 e. The van der Waals surface area contributed by atoms with Crippen LogP contribution in [0.5, 0.6) is 11.5 Å². The van der Waals surface area contributed by atoms with E-state index in [0.29, 0.717) is 0 Å². The largest absolute Gasteiger partial charge is 0.496 e. The van der Waals surface area contributed by atoms with Crippen LogP contribution in [0.2, 0.25) is 0 Å². The van der Waals surface area contributed by atoms with Gasteiger partial charge in [0.25, 0.3) is 0 Å². The molecule has 2 heterocycles. The van der Waals surface area contributed by atoms with Crippen LogP contribution in [0.3, 0.4) is 0 Å². The average molecular weight is 361 g/mol. The number of aromatic nitrogens is 1. The highest BCUT2D eigenvalue weighted by atomic mass is 16.5. The van der Waals surface area contributed by atoms with E-state index in [2.05, 4.69) is 29.7 Å². The van der Waals surface area contributed by atoms with Crippen LogP contribution in [-0.2, 0) is 11.2 Å². The molecular formula is C23H23NO3. The Hall–Kier alpha value is -3.01. The van der Waals surface area contributed by atoms with Gasteiger partial charge in [0.1, 0.15) is 17.8 Å². The summed E-state index contributed by atoms with van der Waals surface area (Å²) >= 11 is 0. The van der Waals surface area contributed by atoms with Crippen LogP contribution < -0.4 is 9.47 Å². The van der Waals surface area contributed by atoms with Gasteiger partial charge in [-0.15, -0.1) is 0 Å². The van der Waals surface area contributed by atoms with Gasteiger partial charge in [-0.05, 0) is 32.4 Å². The highest BCUT2D eigenvalue weighted by Crippen LogP contribution is 2.47. The molecule has 2 aromatic carbocycles. The number of methoxy groups -OCH3 is 2. The fourth-order valence-corrected chi connectivity index (χ4v) is 4.60. The minimum atomic E-state index is 0.751. The molecule has 3 aromatic rings. The Balaban J connectivity index is 2.17. The molecule has 0 bridgehead atoms. The van der Waals surface area contributed by atoms with E-state index in [4.69, 9.17) is 9.47 Å². The minimum absolute atomic E-state index is 0.751. The molecule has 1 aliphatic heterocycles. The SMILES string of the molecule is COc1c(C)c(OC)c2c(c1C)/C(=C/C=O)n1c(c(C)c3ccccc31)C2. The fourth-order valence-electron chi connectivity index (χ4n) is 4.60. The average Bonchev–Trinajstić information content (AvgIpc) is 2.95. The first-order valence-corrected chi connectivity index (χ1v) is 9.04. The Labute approximate surface area is 159 Å². The Kier molecular flexibility index (Phi) is 4.06. The van der Waals surface area contributed by atoms with E-state index in [9.17, 15) is 4.79 Å². The predicted molar refractivity (Wildman–Crippen MR) is 108 cm³/mol. The third-order valence-electron chi connectivity index (χ3n) is 5.70. The molecule has 0 amide bonds. The number of hydrogen-bond donors (Lipinski definition) is 0. The topological polar surface area (TPSA) is 40.5 Å². The van der Waals surface area contributed by atoms with Crippen molar-refractivity contribution < 1.29 is 14.3 Å². The van der Waals surface area contributed by atoms with Crippen molar-refractivity contribution in [3.8, 4) is 11.5 Å². The summed E-state index contributed by atoms with van der Waals surface area (Å²) in [5.41, 5.74) is 8.57. The summed E-state index contributed by atoms with van der Waals surface area (Å²) in [6.45, 7) is 6.21. The standard InChI is InChI=1S/C23H23NO3/c1-13-16-8-6-7-9-18(16)24-19(10-11-25)21-14(2)22(26-4)15(3)23(27-5)17(21)12-20(13)24/h6-11H,12H2,1-5H3/b19-10-. The van der Waals surface area contributed by atoms with Gasteiger partial charge in [0, 0.05) is 45.8 Å². The number of para-hydroxylation sites is 1. The molecule has 27 heavy (non-hydrogen) atoms. The Bertz CT molecular complexity index is 1120. The number of allylic oxidation sites excluding steroid dienone is 1. The van der Waals surface area contributed by atoms with Crippen molar-refractivity contribution in [1.82, 2.24) is 4.57 Å². The molecule has 0 spiro atoms. The van der Waals surface area contributed by atoms with Crippen LogP contribution >= 0.6 is 0 Å². The minimum Gasteiger partial charge on any atom is -0.496 e. The molecule has 4 heteroatoms. The molecule has 0 atom stereocenters. The highest BCUT2D eigenvalue weighted by molar-refractivity contribution is 5.96. The second kappa shape index (κ2) is 6.31. The van der Waals surface area contributed by atoms with Gasteiger partial charge < -0.3 is 14.0 Å². The van der Waals surface area contributed by atoms with Gasteiger partial charge in [0.2, 0.25) is 0 Å². The van der Waals surface area contributed by atoms with Crippen molar-refractivity contribution in [2.45, 2.75) is 27.2 Å². The van der Waals surface area contributed by atoms with Crippen LogP contribution in [0.1, 0.15) is 33.5 Å². The van der Waals surface area contributed by atoms with Crippen molar-refractivity contribution in [2.75, 3.05) is 14.2 Å². The second-order valence-corrected chi connectivity index (χ2v) is 6.96. The van der Waals surface area contributed by atoms with Gasteiger partial charge in [-0.2, -0.15) is 0 Å². The number of ether oxygens (including phenoxy) is 2. The normalized spacial score (nSPS) is 14.2. The van der Waals surface area contributed by atoms with Crippen LogP contribution in [0.4, 0.5) is 0 Å². The molecule has 1 aromatic heterocycles. The summed E-state index contributed by atoms with van der Waals surface area (Å²) in [5.74, 6) is 1.64. The summed E-state index contributed by atoms with van der Waals surface area (Å²) in [6.07, 6.45) is 3.26. The number of benzene rings is 2. The number of aryl methyl sites for hydroxylation is 1. The van der Waals surface area contributed by atoms with Crippen molar-refractivity contribution in [1.29, 1.82) is 0 Å². The lowest BCUT2D eigenvalue weighted by atomic mass is 9.88. The summed E-state index contributed by atoms with van der Waals surface area (Å²) < 4.78 is 13.7. The maximum absolute atomic E-state index is 11.6. The number of carbonyl (C=O) groups excluding carboxylic acids is 1. The van der Waals surface area contributed by atoms with E-state index >= 15 is 0 Å². The zero-order valence-corrected chi connectivity index (χ0v) is 16.3. The van der Waals surface area contributed by atoms with E-state index in [1.54, 1.807) is 20.3 Å². The summed E-state index contributed by atoms with van der Waals surface area (Å²) in [5, 5.41) is 1.21. The molecular weight excluding hydrogens is 338 g/mol. The van der Waals surface area contributed by atoms with E-state index in [0.717, 1.165) is 57.7 Å². The molecule has 138 valence electrons. The third kappa shape index (κ3) is 2.26. The number of aldehydes is 1. The Morgan fingerprint density at radius 1 is 0.963 bits per heavy atom. The molecule has 0 saturated carbocycles. The number of carbonyl (C=O) groups is 1. The third-order valence-corrected chi connectivity index (χ3v) is 5.70. The number of fused-ring (bicyclic) bond motifs is 4. The first kappa shape index (κ1) is 17.4. The maximum atomic E-state index is 11.6. The predicted octanol–water partition coefficient (Wildman–Crippen LogP) is 4.58. The van der Waals surface area contributed by atoms with Crippen LogP contribution in [-0.4, -0.2) is 25.1 Å². The fraction of sp³-hybridized carbons (Fsp3) is 0.261. The highest BCUT2D eigenvalue weighted by Gasteiger charge is 2.31. The molecule has 0 unspecified atom stereocenters. The molecule has 1 aliphatic rings.